The minimum Gasteiger partial charge on any atom is -0.497 e. The Hall–Kier alpha value is -3.22. The van der Waals surface area contributed by atoms with Gasteiger partial charge in [0.1, 0.15) is 18.1 Å². The van der Waals surface area contributed by atoms with Crippen LogP contribution in [0.3, 0.4) is 0 Å². The predicted octanol–water partition coefficient (Wildman–Crippen LogP) is 5.61. The first-order valence-corrected chi connectivity index (χ1v) is 10.6. The molecular weight excluding hydrogens is 428 g/mol. The van der Waals surface area contributed by atoms with Crippen LogP contribution >= 0.6 is 11.6 Å². The molecule has 0 aliphatic rings. The Morgan fingerprint density at radius 3 is 2.34 bits per heavy atom. The molecule has 0 unspecified atom stereocenters. The number of carbonyl (C=O) groups is 1. The molecule has 0 saturated carbocycles. The Kier molecular flexibility index (Phi) is 8.78. The lowest BCUT2D eigenvalue weighted by Crippen LogP contribution is -2.34. The van der Waals surface area contributed by atoms with Gasteiger partial charge in [0, 0.05) is 17.8 Å². The van der Waals surface area contributed by atoms with Crippen LogP contribution < -0.4 is 14.8 Å². The summed E-state index contributed by atoms with van der Waals surface area (Å²) in [4.78, 5) is 14.0. The van der Waals surface area contributed by atoms with Crippen molar-refractivity contribution in [3.8, 4) is 11.5 Å². The summed E-state index contributed by atoms with van der Waals surface area (Å²) < 4.78 is 16.6. The van der Waals surface area contributed by atoms with Gasteiger partial charge >= 0.3 is 6.03 Å². The monoisotopic (exact) mass is 454 g/mol. The van der Waals surface area contributed by atoms with Gasteiger partial charge in [0.15, 0.2) is 0 Å². The Morgan fingerprint density at radius 1 is 0.938 bits per heavy atom. The van der Waals surface area contributed by atoms with Crippen molar-refractivity contribution >= 4 is 23.3 Å². The Balaban J connectivity index is 1.42. The van der Waals surface area contributed by atoms with Gasteiger partial charge in [-0.25, -0.2) is 4.79 Å². The van der Waals surface area contributed by atoms with Crippen molar-refractivity contribution in [1.82, 2.24) is 4.90 Å². The molecule has 0 aliphatic carbocycles. The summed E-state index contributed by atoms with van der Waals surface area (Å²) in [5.41, 5.74) is 2.76. The maximum absolute atomic E-state index is 12.5. The number of carbonyl (C=O) groups excluding carboxylic acids is 1. The highest BCUT2D eigenvalue weighted by atomic mass is 35.5. The molecular formula is C25H27ClN2O4. The average Bonchev–Trinajstić information content (AvgIpc) is 2.81. The van der Waals surface area contributed by atoms with E-state index >= 15 is 0 Å². The number of halogens is 1. The summed E-state index contributed by atoms with van der Waals surface area (Å²) >= 11 is 5.86. The molecule has 32 heavy (non-hydrogen) atoms. The second-order valence-corrected chi connectivity index (χ2v) is 7.63. The molecule has 7 heteroatoms. The lowest BCUT2D eigenvalue weighted by molar-refractivity contribution is 0.107. The summed E-state index contributed by atoms with van der Waals surface area (Å²) in [6.07, 6.45) is 0. The van der Waals surface area contributed by atoms with Crippen LogP contribution in [0.5, 0.6) is 11.5 Å². The standard InChI is InChI=1S/C25H27ClN2O4/c1-28(14-15-32-24-12-8-21(26)9-13-24)25(29)27-22-5-3-4-20(16-22)18-31-17-19-6-10-23(30-2)11-7-19/h3-13,16H,14-15,17-18H2,1-2H3,(H,27,29). The van der Waals surface area contributed by atoms with Crippen molar-refractivity contribution in [3.63, 3.8) is 0 Å². The van der Waals surface area contributed by atoms with E-state index in [0.717, 1.165) is 16.9 Å². The second kappa shape index (κ2) is 12.0. The molecule has 3 aromatic rings. The average molecular weight is 455 g/mol. The number of benzene rings is 3. The molecule has 0 aliphatic heterocycles. The third-order valence-electron chi connectivity index (χ3n) is 4.73. The zero-order valence-corrected chi connectivity index (χ0v) is 19.0. The third kappa shape index (κ3) is 7.48. The lowest BCUT2D eigenvalue weighted by Gasteiger charge is -2.18. The normalized spacial score (nSPS) is 10.5. The number of likely N-dealkylation sites (N-methyl/N-ethyl adjacent to an activating group) is 1. The van der Waals surface area contributed by atoms with Gasteiger partial charge in [0.05, 0.1) is 26.9 Å². The smallest absolute Gasteiger partial charge is 0.321 e. The van der Waals surface area contributed by atoms with Crippen LogP contribution in [0.15, 0.2) is 72.8 Å². The summed E-state index contributed by atoms with van der Waals surface area (Å²) in [6, 6.07) is 22.3. The van der Waals surface area contributed by atoms with Gasteiger partial charge in [-0.3, -0.25) is 0 Å². The highest BCUT2D eigenvalue weighted by molar-refractivity contribution is 6.30. The number of hydrogen-bond donors (Lipinski definition) is 1. The summed E-state index contributed by atoms with van der Waals surface area (Å²) in [5, 5.41) is 3.56. The van der Waals surface area contributed by atoms with Gasteiger partial charge in [-0.2, -0.15) is 0 Å². The Bertz CT molecular complexity index is 994. The molecule has 1 N–H and O–H groups in total. The number of nitrogens with one attached hydrogen (secondary N) is 1. The largest absolute Gasteiger partial charge is 0.497 e. The molecule has 0 heterocycles. The first kappa shape index (κ1) is 23.4. The van der Waals surface area contributed by atoms with Gasteiger partial charge in [0.2, 0.25) is 0 Å². The molecule has 0 atom stereocenters. The van der Waals surface area contributed by atoms with Crippen LogP contribution in [0.2, 0.25) is 5.02 Å². The molecule has 3 rings (SSSR count). The van der Waals surface area contributed by atoms with Crippen LogP contribution in [-0.4, -0.2) is 38.2 Å². The van der Waals surface area contributed by atoms with Crippen LogP contribution in [0.4, 0.5) is 10.5 Å². The van der Waals surface area contributed by atoms with Crippen LogP contribution in [0.25, 0.3) is 0 Å². The van der Waals surface area contributed by atoms with E-state index in [1.807, 2.05) is 48.5 Å². The van der Waals surface area contributed by atoms with Crippen molar-refractivity contribution in [2.24, 2.45) is 0 Å². The number of methoxy groups -OCH3 is 1. The maximum atomic E-state index is 12.5. The SMILES string of the molecule is COc1ccc(COCc2cccc(NC(=O)N(C)CCOc3ccc(Cl)cc3)c2)cc1. The number of ether oxygens (including phenoxy) is 3. The zero-order chi connectivity index (χ0) is 22.8. The maximum Gasteiger partial charge on any atom is 0.321 e. The predicted molar refractivity (Wildman–Crippen MR) is 127 cm³/mol. The summed E-state index contributed by atoms with van der Waals surface area (Å²) in [7, 11) is 3.37. The fourth-order valence-corrected chi connectivity index (χ4v) is 3.03. The topological polar surface area (TPSA) is 60.0 Å². The van der Waals surface area contributed by atoms with Crippen molar-refractivity contribution in [2.75, 3.05) is 32.6 Å². The van der Waals surface area contributed by atoms with Gasteiger partial charge < -0.3 is 24.4 Å². The molecule has 2 amide bonds. The number of rotatable bonds is 10. The molecule has 3 aromatic carbocycles. The molecule has 168 valence electrons. The molecule has 0 fully saturated rings. The van der Waals surface area contributed by atoms with E-state index in [4.69, 9.17) is 25.8 Å². The van der Waals surface area contributed by atoms with Crippen molar-refractivity contribution in [1.29, 1.82) is 0 Å². The first-order valence-electron chi connectivity index (χ1n) is 10.2. The highest BCUT2D eigenvalue weighted by Gasteiger charge is 2.09. The minimum absolute atomic E-state index is 0.207. The van der Waals surface area contributed by atoms with Crippen molar-refractivity contribution < 1.29 is 19.0 Å². The van der Waals surface area contributed by atoms with Crippen molar-refractivity contribution in [2.45, 2.75) is 13.2 Å². The third-order valence-corrected chi connectivity index (χ3v) is 4.98. The number of urea groups is 1. The highest BCUT2D eigenvalue weighted by Crippen LogP contribution is 2.16. The molecule has 0 spiro atoms. The van der Waals surface area contributed by atoms with E-state index in [1.165, 1.54) is 0 Å². The molecule has 0 aromatic heterocycles. The van der Waals surface area contributed by atoms with E-state index in [9.17, 15) is 4.79 Å². The Morgan fingerprint density at radius 2 is 1.62 bits per heavy atom. The number of nitrogens with zero attached hydrogens (tertiary/aromatic N) is 1. The van der Waals surface area contributed by atoms with Crippen molar-refractivity contribution in [3.05, 3.63) is 88.9 Å². The van der Waals surface area contributed by atoms with E-state index in [1.54, 1.807) is 43.3 Å². The molecule has 0 bridgehead atoms. The van der Waals surface area contributed by atoms with Gasteiger partial charge in [-0.15, -0.1) is 0 Å². The first-order chi connectivity index (χ1) is 15.5. The molecule has 0 radical (unpaired) electrons. The molecule has 6 nitrogen and oxygen atoms in total. The minimum atomic E-state index is -0.207. The van der Waals surface area contributed by atoms with Crippen LogP contribution in [0.1, 0.15) is 11.1 Å². The van der Waals surface area contributed by atoms with Crippen LogP contribution in [0, 0.1) is 0 Å². The number of amides is 2. The lowest BCUT2D eigenvalue weighted by atomic mass is 10.2. The quantitative estimate of drug-likeness (QED) is 0.432. The fraction of sp³-hybridized carbons (Fsp3) is 0.240. The zero-order valence-electron chi connectivity index (χ0n) is 18.2. The van der Waals surface area contributed by atoms with E-state index in [-0.39, 0.29) is 6.03 Å². The van der Waals surface area contributed by atoms with E-state index in [2.05, 4.69) is 5.32 Å². The van der Waals surface area contributed by atoms with Gasteiger partial charge in [-0.05, 0) is 59.7 Å². The van der Waals surface area contributed by atoms with E-state index in [0.29, 0.717) is 42.8 Å². The summed E-state index contributed by atoms with van der Waals surface area (Å²) in [6.45, 7) is 1.77. The number of anilines is 1. The second-order valence-electron chi connectivity index (χ2n) is 7.20. The van der Waals surface area contributed by atoms with Gasteiger partial charge in [0.25, 0.3) is 0 Å². The van der Waals surface area contributed by atoms with Crippen LogP contribution in [-0.2, 0) is 18.0 Å². The number of hydrogen-bond acceptors (Lipinski definition) is 4. The van der Waals surface area contributed by atoms with E-state index < -0.39 is 0 Å². The van der Waals surface area contributed by atoms with Gasteiger partial charge in [-0.1, -0.05) is 35.9 Å². The summed E-state index contributed by atoms with van der Waals surface area (Å²) in [5.74, 6) is 1.53. The molecule has 0 saturated heterocycles. The fourth-order valence-electron chi connectivity index (χ4n) is 2.90. The Labute approximate surface area is 193 Å².